The Balaban J connectivity index is 2.24. The van der Waals surface area contributed by atoms with Gasteiger partial charge in [0.05, 0.1) is 4.90 Å². The van der Waals surface area contributed by atoms with Gasteiger partial charge in [-0.15, -0.1) is 0 Å². The molecule has 20 heavy (non-hydrogen) atoms. The molecule has 0 aliphatic carbocycles. The fourth-order valence-corrected chi connectivity index (χ4v) is 3.58. The maximum Gasteiger partial charge on any atom is 0.241 e. The van der Waals surface area contributed by atoms with Gasteiger partial charge in [-0.05, 0) is 43.2 Å². The van der Waals surface area contributed by atoms with E-state index in [4.69, 9.17) is 11.6 Å². The molecule has 0 saturated heterocycles. The second-order valence-electron chi connectivity index (χ2n) is 4.66. The Kier molecular flexibility index (Phi) is 4.48. The highest BCUT2D eigenvalue weighted by atomic mass is 35.5. The van der Waals surface area contributed by atoms with E-state index in [0.29, 0.717) is 9.92 Å². The number of hydrogen-bond donors (Lipinski definition) is 1. The molecule has 0 unspecified atom stereocenters. The number of sulfonamides is 1. The molecule has 0 heterocycles. The highest BCUT2D eigenvalue weighted by Gasteiger charge is 2.19. The van der Waals surface area contributed by atoms with E-state index in [1.165, 1.54) is 0 Å². The van der Waals surface area contributed by atoms with Gasteiger partial charge in [-0.3, -0.25) is 0 Å². The maximum absolute atomic E-state index is 12.4. The summed E-state index contributed by atoms with van der Waals surface area (Å²) < 4.78 is 27.4. The molecule has 5 heteroatoms. The first-order valence-corrected chi connectivity index (χ1v) is 8.10. The molecule has 0 aliphatic heterocycles. The van der Waals surface area contributed by atoms with Gasteiger partial charge in [0.2, 0.25) is 10.0 Å². The van der Waals surface area contributed by atoms with Crippen LogP contribution in [0.15, 0.2) is 53.4 Å². The summed E-state index contributed by atoms with van der Waals surface area (Å²) in [6.45, 7) is 3.58. The SMILES string of the molecule is Cc1ccccc1S(=O)(=O)N[C@@H](C)c1ccc(Cl)cc1. The van der Waals surface area contributed by atoms with Crippen LogP contribution in [0.1, 0.15) is 24.1 Å². The van der Waals surface area contributed by atoms with Gasteiger partial charge in [-0.2, -0.15) is 0 Å². The van der Waals surface area contributed by atoms with Gasteiger partial charge in [0.1, 0.15) is 0 Å². The van der Waals surface area contributed by atoms with Gasteiger partial charge in [0.25, 0.3) is 0 Å². The van der Waals surface area contributed by atoms with Gasteiger partial charge in [0.15, 0.2) is 0 Å². The number of rotatable bonds is 4. The molecule has 106 valence electrons. The van der Waals surface area contributed by atoms with Crippen molar-refractivity contribution < 1.29 is 8.42 Å². The Morgan fingerprint density at radius 1 is 1.05 bits per heavy atom. The molecular formula is C15H16ClNO2S. The first-order chi connectivity index (χ1) is 9.40. The van der Waals surface area contributed by atoms with Crippen LogP contribution in [0.4, 0.5) is 0 Å². The third-order valence-corrected chi connectivity index (χ3v) is 5.04. The number of aryl methyl sites for hydroxylation is 1. The van der Waals surface area contributed by atoms with E-state index in [-0.39, 0.29) is 6.04 Å². The highest BCUT2D eigenvalue weighted by Crippen LogP contribution is 2.20. The van der Waals surface area contributed by atoms with Crippen molar-refractivity contribution in [2.24, 2.45) is 0 Å². The largest absolute Gasteiger partial charge is 0.241 e. The molecule has 0 spiro atoms. The summed E-state index contributed by atoms with van der Waals surface area (Å²) in [4.78, 5) is 0.306. The summed E-state index contributed by atoms with van der Waals surface area (Å²) in [6.07, 6.45) is 0. The molecule has 2 aromatic carbocycles. The van der Waals surface area contributed by atoms with Gasteiger partial charge < -0.3 is 0 Å². The van der Waals surface area contributed by atoms with Crippen molar-refractivity contribution in [3.8, 4) is 0 Å². The van der Waals surface area contributed by atoms with Crippen molar-refractivity contribution in [2.75, 3.05) is 0 Å². The molecule has 1 atom stereocenters. The average molecular weight is 310 g/mol. The third-order valence-electron chi connectivity index (χ3n) is 3.09. The number of benzene rings is 2. The monoisotopic (exact) mass is 309 g/mol. The fourth-order valence-electron chi connectivity index (χ4n) is 1.97. The molecule has 0 saturated carbocycles. The smallest absolute Gasteiger partial charge is 0.207 e. The lowest BCUT2D eigenvalue weighted by Crippen LogP contribution is -2.27. The summed E-state index contributed by atoms with van der Waals surface area (Å²) in [5.74, 6) is 0. The van der Waals surface area contributed by atoms with Crippen LogP contribution < -0.4 is 4.72 Å². The molecule has 2 aromatic rings. The van der Waals surface area contributed by atoms with Crippen LogP contribution in [0.5, 0.6) is 0 Å². The lowest BCUT2D eigenvalue weighted by atomic mass is 10.1. The number of hydrogen-bond acceptors (Lipinski definition) is 2. The second kappa shape index (κ2) is 5.95. The summed E-state index contributed by atoms with van der Waals surface area (Å²) in [5, 5.41) is 0.628. The minimum atomic E-state index is -3.53. The summed E-state index contributed by atoms with van der Waals surface area (Å²) in [6, 6.07) is 13.7. The molecular weight excluding hydrogens is 294 g/mol. The summed E-state index contributed by atoms with van der Waals surface area (Å²) in [7, 11) is -3.53. The zero-order valence-electron chi connectivity index (χ0n) is 11.3. The van der Waals surface area contributed by atoms with Crippen LogP contribution in [-0.4, -0.2) is 8.42 Å². The minimum Gasteiger partial charge on any atom is -0.207 e. The minimum absolute atomic E-state index is 0.306. The van der Waals surface area contributed by atoms with Crippen molar-refractivity contribution >= 4 is 21.6 Å². The van der Waals surface area contributed by atoms with Crippen molar-refractivity contribution in [1.29, 1.82) is 0 Å². The first kappa shape index (κ1) is 15.0. The maximum atomic E-state index is 12.4. The molecule has 0 radical (unpaired) electrons. The molecule has 1 N–H and O–H groups in total. The Bertz CT molecular complexity index is 696. The van der Waals surface area contributed by atoms with E-state index >= 15 is 0 Å². The number of nitrogens with one attached hydrogen (secondary N) is 1. The second-order valence-corrected chi connectivity index (χ2v) is 6.78. The molecule has 3 nitrogen and oxygen atoms in total. The molecule has 0 aromatic heterocycles. The normalized spacial score (nSPS) is 13.2. The fraction of sp³-hybridized carbons (Fsp3) is 0.200. The average Bonchev–Trinajstić information content (AvgIpc) is 2.39. The van der Waals surface area contributed by atoms with E-state index in [2.05, 4.69) is 4.72 Å². The molecule has 0 fully saturated rings. The lowest BCUT2D eigenvalue weighted by molar-refractivity contribution is 0.566. The van der Waals surface area contributed by atoms with E-state index in [1.54, 1.807) is 44.2 Å². The van der Waals surface area contributed by atoms with E-state index < -0.39 is 10.0 Å². The van der Waals surface area contributed by atoms with Crippen molar-refractivity contribution in [3.63, 3.8) is 0 Å². The zero-order valence-corrected chi connectivity index (χ0v) is 12.9. The topological polar surface area (TPSA) is 46.2 Å². The van der Waals surface area contributed by atoms with Gasteiger partial charge in [-0.25, -0.2) is 13.1 Å². The van der Waals surface area contributed by atoms with Gasteiger partial charge in [0, 0.05) is 11.1 Å². The Hall–Kier alpha value is -1.36. The van der Waals surface area contributed by atoms with Crippen LogP contribution in [0.2, 0.25) is 5.02 Å². The van der Waals surface area contributed by atoms with Gasteiger partial charge >= 0.3 is 0 Å². The molecule has 0 bridgehead atoms. The van der Waals surface area contributed by atoms with Crippen molar-refractivity contribution in [1.82, 2.24) is 4.72 Å². The summed E-state index contributed by atoms with van der Waals surface area (Å²) in [5.41, 5.74) is 1.59. The Labute approximate surface area is 124 Å². The van der Waals surface area contributed by atoms with Crippen LogP contribution >= 0.6 is 11.6 Å². The van der Waals surface area contributed by atoms with Gasteiger partial charge in [-0.1, -0.05) is 41.9 Å². The molecule has 0 amide bonds. The summed E-state index contributed by atoms with van der Waals surface area (Å²) >= 11 is 5.83. The zero-order chi connectivity index (χ0) is 14.8. The highest BCUT2D eigenvalue weighted by molar-refractivity contribution is 7.89. The van der Waals surface area contributed by atoms with Crippen LogP contribution in [0.25, 0.3) is 0 Å². The predicted molar refractivity (Wildman–Crippen MR) is 81.4 cm³/mol. The van der Waals surface area contributed by atoms with Crippen molar-refractivity contribution in [3.05, 3.63) is 64.7 Å². The van der Waals surface area contributed by atoms with Crippen LogP contribution in [0, 0.1) is 6.92 Å². The van der Waals surface area contributed by atoms with Crippen LogP contribution in [0.3, 0.4) is 0 Å². The predicted octanol–water partition coefficient (Wildman–Crippen LogP) is 3.69. The van der Waals surface area contributed by atoms with E-state index in [9.17, 15) is 8.42 Å². The Morgan fingerprint density at radius 3 is 2.25 bits per heavy atom. The first-order valence-electron chi connectivity index (χ1n) is 6.23. The van der Waals surface area contributed by atoms with E-state index in [0.717, 1.165) is 11.1 Å². The third kappa shape index (κ3) is 3.39. The lowest BCUT2D eigenvalue weighted by Gasteiger charge is -2.15. The Morgan fingerprint density at radius 2 is 1.65 bits per heavy atom. The number of halogens is 1. The standard InChI is InChI=1S/C15H16ClNO2S/c1-11-5-3-4-6-15(11)20(18,19)17-12(2)13-7-9-14(16)10-8-13/h3-10,12,17H,1-2H3/t12-/m0/s1. The van der Waals surface area contributed by atoms with E-state index in [1.807, 2.05) is 18.2 Å². The molecule has 2 rings (SSSR count). The molecule has 0 aliphatic rings. The van der Waals surface area contributed by atoms with Crippen LogP contribution in [-0.2, 0) is 10.0 Å². The quantitative estimate of drug-likeness (QED) is 0.936. The van der Waals surface area contributed by atoms with Crippen molar-refractivity contribution in [2.45, 2.75) is 24.8 Å².